The van der Waals surface area contributed by atoms with Gasteiger partial charge in [-0.3, -0.25) is 0 Å². The number of rotatable bonds is 5. The zero-order valence-electron chi connectivity index (χ0n) is 16.4. The molecule has 148 valence electrons. The van der Waals surface area contributed by atoms with E-state index in [1.807, 2.05) is 12.1 Å². The molecule has 1 aliphatic heterocycles. The number of benzene rings is 2. The molecule has 0 aliphatic carbocycles. The van der Waals surface area contributed by atoms with E-state index in [9.17, 15) is 0 Å². The molecule has 6 heteroatoms. The predicted molar refractivity (Wildman–Crippen MR) is 112 cm³/mol. The zero-order valence-corrected chi connectivity index (χ0v) is 17.2. The van der Waals surface area contributed by atoms with Crippen molar-refractivity contribution < 1.29 is 14.2 Å². The SMILES string of the molecule is COc1cc(N2CC[C@@H](N)[C@H](c3ccccc3C)C2)cc(OC)c1OC.Cl. The van der Waals surface area contributed by atoms with Gasteiger partial charge in [-0.05, 0) is 24.5 Å². The first-order chi connectivity index (χ1) is 12.6. The van der Waals surface area contributed by atoms with Gasteiger partial charge in [0.1, 0.15) is 0 Å². The molecule has 0 aromatic heterocycles. The Morgan fingerprint density at radius 3 is 2.19 bits per heavy atom. The van der Waals surface area contributed by atoms with Gasteiger partial charge in [0.2, 0.25) is 5.75 Å². The fourth-order valence-electron chi connectivity index (χ4n) is 3.79. The third-order valence-electron chi connectivity index (χ3n) is 5.27. The van der Waals surface area contributed by atoms with Crippen LogP contribution in [0.15, 0.2) is 36.4 Å². The maximum absolute atomic E-state index is 6.48. The lowest BCUT2D eigenvalue weighted by molar-refractivity contribution is 0.324. The fourth-order valence-corrected chi connectivity index (χ4v) is 3.79. The topological polar surface area (TPSA) is 57.0 Å². The number of ether oxygens (including phenoxy) is 3. The molecule has 0 bridgehead atoms. The summed E-state index contributed by atoms with van der Waals surface area (Å²) in [6, 6.07) is 12.7. The Bertz CT molecular complexity index is 744. The van der Waals surface area contributed by atoms with Crippen molar-refractivity contribution in [1.82, 2.24) is 0 Å². The summed E-state index contributed by atoms with van der Waals surface area (Å²) in [7, 11) is 4.90. The number of aryl methyl sites for hydroxylation is 1. The van der Waals surface area contributed by atoms with Crippen LogP contribution in [0.4, 0.5) is 5.69 Å². The van der Waals surface area contributed by atoms with Crippen LogP contribution in [0.1, 0.15) is 23.5 Å². The molecular formula is C21H29ClN2O3. The highest BCUT2D eigenvalue weighted by Crippen LogP contribution is 2.42. The molecule has 0 saturated carbocycles. The molecule has 0 radical (unpaired) electrons. The quantitative estimate of drug-likeness (QED) is 0.839. The lowest BCUT2D eigenvalue weighted by atomic mass is 9.84. The van der Waals surface area contributed by atoms with E-state index in [1.54, 1.807) is 21.3 Å². The van der Waals surface area contributed by atoms with Gasteiger partial charge in [-0.15, -0.1) is 12.4 Å². The Morgan fingerprint density at radius 2 is 1.63 bits per heavy atom. The van der Waals surface area contributed by atoms with Gasteiger partial charge in [0.15, 0.2) is 11.5 Å². The summed E-state index contributed by atoms with van der Waals surface area (Å²) in [4.78, 5) is 2.35. The molecular weight excluding hydrogens is 364 g/mol. The molecule has 1 aliphatic rings. The van der Waals surface area contributed by atoms with Crippen molar-refractivity contribution in [3.63, 3.8) is 0 Å². The molecule has 0 spiro atoms. The molecule has 0 amide bonds. The first-order valence-electron chi connectivity index (χ1n) is 8.95. The van der Waals surface area contributed by atoms with Crippen LogP contribution in [-0.2, 0) is 0 Å². The Labute approximate surface area is 167 Å². The molecule has 1 fully saturated rings. The number of hydrogen-bond donors (Lipinski definition) is 1. The maximum atomic E-state index is 6.48. The minimum absolute atomic E-state index is 0. The molecule has 2 N–H and O–H groups in total. The van der Waals surface area contributed by atoms with Crippen LogP contribution in [-0.4, -0.2) is 40.5 Å². The average Bonchev–Trinajstić information content (AvgIpc) is 2.67. The van der Waals surface area contributed by atoms with E-state index in [2.05, 4.69) is 36.1 Å². The highest BCUT2D eigenvalue weighted by molar-refractivity contribution is 5.85. The van der Waals surface area contributed by atoms with Crippen LogP contribution in [0.3, 0.4) is 0 Å². The van der Waals surface area contributed by atoms with Crippen molar-refractivity contribution in [3.8, 4) is 17.2 Å². The van der Waals surface area contributed by atoms with Crippen LogP contribution < -0.4 is 24.8 Å². The van der Waals surface area contributed by atoms with Crippen molar-refractivity contribution in [2.75, 3.05) is 39.3 Å². The molecule has 1 heterocycles. The van der Waals surface area contributed by atoms with Crippen molar-refractivity contribution in [2.45, 2.75) is 25.3 Å². The molecule has 1 saturated heterocycles. The lowest BCUT2D eigenvalue weighted by Crippen LogP contribution is -2.46. The highest BCUT2D eigenvalue weighted by Gasteiger charge is 2.30. The minimum Gasteiger partial charge on any atom is -0.493 e. The third kappa shape index (κ3) is 4.25. The molecule has 2 aromatic rings. The normalized spacial score (nSPS) is 19.2. The van der Waals surface area contributed by atoms with Crippen LogP contribution >= 0.6 is 12.4 Å². The van der Waals surface area contributed by atoms with E-state index in [1.165, 1.54) is 11.1 Å². The molecule has 2 atom stereocenters. The van der Waals surface area contributed by atoms with E-state index in [4.69, 9.17) is 19.9 Å². The summed E-state index contributed by atoms with van der Waals surface area (Å²) >= 11 is 0. The summed E-state index contributed by atoms with van der Waals surface area (Å²) in [5.41, 5.74) is 10.2. The summed E-state index contributed by atoms with van der Waals surface area (Å²) in [5.74, 6) is 2.25. The van der Waals surface area contributed by atoms with E-state index in [0.29, 0.717) is 23.2 Å². The van der Waals surface area contributed by atoms with Crippen molar-refractivity contribution >= 4 is 18.1 Å². The first kappa shape index (κ1) is 21.2. The van der Waals surface area contributed by atoms with E-state index >= 15 is 0 Å². The summed E-state index contributed by atoms with van der Waals surface area (Å²) in [6.45, 7) is 3.92. The number of methoxy groups -OCH3 is 3. The van der Waals surface area contributed by atoms with Gasteiger partial charge in [0, 0.05) is 42.9 Å². The average molecular weight is 393 g/mol. The van der Waals surface area contributed by atoms with Gasteiger partial charge in [-0.1, -0.05) is 24.3 Å². The molecule has 3 rings (SSSR count). The van der Waals surface area contributed by atoms with Crippen molar-refractivity contribution in [3.05, 3.63) is 47.5 Å². The Kier molecular flexibility index (Phi) is 7.22. The highest BCUT2D eigenvalue weighted by atomic mass is 35.5. The Hall–Kier alpha value is -2.11. The summed E-state index contributed by atoms with van der Waals surface area (Å²) in [6.07, 6.45) is 0.940. The number of anilines is 1. The monoisotopic (exact) mass is 392 g/mol. The lowest BCUT2D eigenvalue weighted by Gasteiger charge is -2.39. The second-order valence-corrected chi connectivity index (χ2v) is 6.75. The molecule has 5 nitrogen and oxygen atoms in total. The van der Waals surface area contributed by atoms with Gasteiger partial charge < -0.3 is 24.8 Å². The number of halogens is 1. The third-order valence-corrected chi connectivity index (χ3v) is 5.27. The van der Waals surface area contributed by atoms with Gasteiger partial charge in [-0.2, -0.15) is 0 Å². The van der Waals surface area contributed by atoms with E-state index in [0.717, 1.165) is 25.2 Å². The minimum atomic E-state index is 0. The van der Waals surface area contributed by atoms with E-state index < -0.39 is 0 Å². The van der Waals surface area contributed by atoms with Gasteiger partial charge >= 0.3 is 0 Å². The van der Waals surface area contributed by atoms with Gasteiger partial charge in [-0.25, -0.2) is 0 Å². The fraction of sp³-hybridized carbons (Fsp3) is 0.429. The predicted octanol–water partition coefficient (Wildman–Crippen LogP) is 3.76. The standard InChI is InChI=1S/C21H28N2O3.ClH/c1-14-7-5-6-8-16(14)17-13-23(10-9-18(17)22)15-11-19(24-2)21(26-4)20(12-15)25-3;/h5-8,11-12,17-18H,9-10,13,22H2,1-4H3;1H/t17-,18+;/m0./s1. The first-order valence-corrected chi connectivity index (χ1v) is 8.95. The molecule has 0 unspecified atom stereocenters. The van der Waals surface area contributed by atoms with Gasteiger partial charge in [0.05, 0.1) is 21.3 Å². The van der Waals surface area contributed by atoms with Crippen molar-refractivity contribution in [1.29, 1.82) is 0 Å². The summed E-state index contributed by atoms with van der Waals surface area (Å²) in [5, 5.41) is 0. The zero-order chi connectivity index (χ0) is 18.7. The van der Waals surface area contributed by atoms with Crippen LogP contribution in [0.5, 0.6) is 17.2 Å². The smallest absolute Gasteiger partial charge is 0.203 e. The second-order valence-electron chi connectivity index (χ2n) is 6.75. The molecule has 27 heavy (non-hydrogen) atoms. The number of nitrogens with zero attached hydrogens (tertiary/aromatic N) is 1. The largest absolute Gasteiger partial charge is 0.493 e. The van der Waals surface area contributed by atoms with Crippen LogP contribution in [0.2, 0.25) is 0 Å². The number of piperidine rings is 1. The van der Waals surface area contributed by atoms with Crippen LogP contribution in [0, 0.1) is 6.92 Å². The van der Waals surface area contributed by atoms with Gasteiger partial charge in [0.25, 0.3) is 0 Å². The summed E-state index contributed by atoms with van der Waals surface area (Å²) < 4.78 is 16.4. The molecule has 2 aromatic carbocycles. The Morgan fingerprint density at radius 1 is 1.00 bits per heavy atom. The van der Waals surface area contributed by atoms with Crippen molar-refractivity contribution in [2.24, 2.45) is 5.73 Å². The van der Waals surface area contributed by atoms with Crippen LogP contribution in [0.25, 0.3) is 0 Å². The second kappa shape index (κ2) is 9.20. The van der Waals surface area contributed by atoms with E-state index in [-0.39, 0.29) is 18.4 Å². The number of hydrogen-bond acceptors (Lipinski definition) is 5. The maximum Gasteiger partial charge on any atom is 0.203 e. The Balaban J connectivity index is 0.00000261. The number of nitrogens with two attached hydrogens (primary N) is 1.